The summed E-state index contributed by atoms with van der Waals surface area (Å²) in [6.45, 7) is 4.17. The zero-order chi connectivity index (χ0) is 10.0. The Morgan fingerprint density at radius 3 is 3.14 bits per heavy atom. The number of hydrogen-bond donors (Lipinski definition) is 1. The van der Waals surface area contributed by atoms with Gasteiger partial charge in [0.2, 0.25) is 0 Å². The summed E-state index contributed by atoms with van der Waals surface area (Å²) in [6.07, 6.45) is 4.05. The molecule has 2 saturated heterocycles. The third kappa shape index (κ3) is 1.95. The second kappa shape index (κ2) is 4.17. The molecule has 14 heavy (non-hydrogen) atoms. The van der Waals surface area contributed by atoms with E-state index in [2.05, 4.69) is 4.90 Å². The molecule has 2 bridgehead atoms. The standard InChI is InChI=1S/C11H21NO2/c1-14-8-2-4-11(13)5-7-12-6-3-10(11)9-12/h10,13H,2-9H2,1H3. The first-order chi connectivity index (χ1) is 6.74. The van der Waals surface area contributed by atoms with Gasteiger partial charge in [-0.25, -0.2) is 0 Å². The van der Waals surface area contributed by atoms with E-state index >= 15 is 0 Å². The Labute approximate surface area is 86.0 Å². The zero-order valence-corrected chi connectivity index (χ0v) is 9.04. The largest absolute Gasteiger partial charge is 0.390 e. The molecule has 82 valence electrons. The van der Waals surface area contributed by atoms with E-state index in [0.29, 0.717) is 5.92 Å². The molecule has 0 aromatic rings. The number of ether oxygens (including phenoxy) is 1. The zero-order valence-electron chi connectivity index (χ0n) is 9.04. The molecule has 0 spiro atoms. The molecule has 0 aliphatic carbocycles. The number of piperidine rings is 1. The van der Waals surface area contributed by atoms with Crippen LogP contribution in [0.15, 0.2) is 0 Å². The second-order valence-corrected chi connectivity index (χ2v) is 4.74. The quantitative estimate of drug-likeness (QED) is 0.682. The van der Waals surface area contributed by atoms with Gasteiger partial charge in [-0.2, -0.15) is 0 Å². The molecule has 3 heteroatoms. The van der Waals surface area contributed by atoms with Crippen molar-refractivity contribution < 1.29 is 9.84 Å². The van der Waals surface area contributed by atoms with E-state index in [4.69, 9.17) is 4.74 Å². The second-order valence-electron chi connectivity index (χ2n) is 4.74. The van der Waals surface area contributed by atoms with Crippen molar-refractivity contribution >= 4 is 0 Å². The fraction of sp³-hybridized carbons (Fsp3) is 1.00. The van der Waals surface area contributed by atoms with Crippen LogP contribution in [-0.4, -0.2) is 49.0 Å². The topological polar surface area (TPSA) is 32.7 Å². The van der Waals surface area contributed by atoms with Crippen molar-refractivity contribution in [2.24, 2.45) is 5.92 Å². The van der Waals surface area contributed by atoms with Crippen molar-refractivity contribution in [3.8, 4) is 0 Å². The van der Waals surface area contributed by atoms with Crippen LogP contribution < -0.4 is 0 Å². The monoisotopic (exact) mass is 199 g/mol. The number of fused-ring (bicyclic) bond motifs is 2. The summed E-state index contributed by atoms with van der Waals surface area (Å²) in [5, 5.41) is 10.5. The van der Waals surface area contributed by atoms with Crippen LogP contribution in [0.1, 0.15) is 25.7 Å². The van der Waals surface area contributed by atoms with E-state index in [9.17, 15) is 5.11 Å². The fourth-order valence-electron chi connectivity index (χ4n) is 2.88. The molecule has 0 amide bonds. The Bertz CT molecular complexity index is 198. The maximum atomic E-state index is 10.5. The molecular formula is C11H21NO2. The first-order valence-electron chi connectivity index (χ1n) is 5.68. The molecule has 3 nitrogen and oxygen atoms in total. The SMILES string of the molecule is COCCCC1(O)CCN2CCC1C2. The van der Waals surface area contributed by atoms with Crippen molar-refractivity contribution in [3.63, 3.8) is 0 Å². The molecule has 0 radical (unpaired) electrons. The molecule has 1 N–H and O–H groups in total. The molecule has 2 aliphatic rings. The molecule has 2 aliphatic heterocycles. The smallest absolute Gasteiger partial charge is 0.0701 e. The number of methoxy groups -OCH3 is 1. The Kier molecular flexibility index (Phi) is 3.10. The summed E-state index contributed by atoms with van der Waals surface area (Å²) in [5.74, 6) is 0.521. The summed E-state index contributed by atoms with van der Waals surface area (Å²) in [6, 6.07) is 0. The van der Waals surface area contributed by atoms with Crippen molar-refractivity contribution in [3.05, 3.63) is 0 Å². The van der Waals surface area contributed by atoms with Gasteiger partial charge in [-0.15, -0.1) is 0 Å². The van der Waals surface area contributed by atoms with Crippen LogP contribution in [0.3, 0.4) is 0 Å². The summed E-state index contributed by atoms with van der Waals surface area (Å²) < 4.78 is 5.04. The van der Waals surface area contributed by atoms with Crippen LogP contribution in [-0.2, 0) is 4.74 Å². The molecular weight excluding hydrogens is 178 g/mol. The van der Waals surface area contributed by atoms with E-state index in [-0.39, 0.29) is 5.60 Å². The van der Waals surface area contributed by atoms with E-state index in [0.717, 1.165) is 39.0 Å². The number of rotatable bonds is 4. The minimum atomic E-state index is -0.383. The average Bonchev–Trinajstić information content (AvgIpc) is 2.59. The van der Waals surface area contributed by atoms with Crippen LogP contribution in [0.4, 0.5) is 0 Å². The molecule has 2 heterocycles. The minimum Gasteiger partial charge on any atom is -0.390 e. The van der Waals surface area contributed by atoms with Gasteiger partial charge < -0.3 is 14.7 Å². The lowest BCUT2D eigenvalue weighted by Crippen LogP contribution is -2.46. The number of hydrogen-bond acceptors (Lipinski definition) is 3. The molecule has 0 saturated carbocycles. The summed E-state index contributed by atoms with van der Waals surface area (Å²) in [7, 11) is 1.72. The predicted octanol–water partition coefficient (Wildman–Crippen LogP) is 0.870. The molecule has 3 atom stereocenters. The van der Waals surface area contributed by atoms with Crippen LogP contribution in [0.2, 0.25) is 0 Å². The van der Waals surface area contributed by atoms with Gasteiger partial charge in [0, 0.05) is 32.7 Å². The first-order valence-corrected chi connectivity index (χ1v) is 5.68. The van der Waals surface area contributed by atoms with E-state index in [1.54, 1.807) is 7.11 Å². The van der Waals surface area contributed by atoms with Gasteiger partial charge in [-0.3, -0.25) is 0 Å². The normalized spacial score (nSPS) is 41.6. The maximum Gasteiger partial charge on any atom is 0.0701 e. The van der Waals surface area contributed by atoms with E-state index in [1.807, 2.05) is 0 Å². The fourth-order valence-corrected chi connectivity index (χ4v) is 2.88. The van der Waals surface area contributed by atoms with Gasteiger partial charge in [-0.05, 0) is 32.2 Å². The van der Waals surface area contributed by atoms with Crippen molar-refractivity contribution in [1.82, 2.24) is 4.90 Å². The molecule has 3 unspecified atom stereocenters. The molecule has 2 rings (SSSR count). The van der Waals surface area contributed by atoms with Crippen LogP contribution in [0.25, 0.3) is 0 Å². The van der Waals surface area contributed by atoms with E-state index < -0.39 is 0 Å². The number of aliphatic hydroxyl groups is 1. The van der Waals surface area contributed by atoms with Gasteiger partial charge >= 0.3 is 0 Å². The summed E-state index contributed by atoms with van der Waals surface area (Å²) >= 11 is 0. The third-order valence-electron chi connectivity index (χ3n) is 3.85. The Hall–Kier alpha value is -0.120. The Balaban J connectivity index is 1.87. The Morgan fingerprint density at radius 2 is 2.36 bits per heavy atom. The summed E-state index contributed by atoms with van der Waals surface area (Å²) in [4.78, 5) is 2.47. The highest BCUT2D eigenvalue weighted by Crippen LogP contribution is 2.38. The van der Waals surface area contributed by atoms with Crippen molar-refractivity contribution in [2.45, 2.75) is 31.3 Å². The number of nitrogens with zero attached hydrogens (tertiary/aromatic N) is 1. The first kappa shape index (κ1) is 10.4. The molecule has 0 aromatic carbocycles. The lowest BCUT2D eigenvalue weighted by molar-refractivity contribution is -0.0553. The Morgan fingerprint density at radius 1 is 1.50 bits per heavy atom. The van der Waals surface area contributed by atoms with Gasteiger partial charge in [0.05, 0.1) is 5.60 Å². The molecule has 2 fully saturated rings. The summed E-state index contributed by atoms with van der Waals surface area (Å²) in [5.41, 5.74) is -0.383. The lowest BCUT2D eigenvalue weighted by Gasteiger charge is -2.38. The minimum absolute atomic E-state index is 0.383. The average molecular weight is 199 g/mol. The predicted molar refractivity (Wildman–Crippen MR) is 55.2 cm³/mol. The van der Waals surface area contributed by atoms with Gasteiger partial charge in [0.1, 0.15) is 0 Å². The van der Waals surface area contributed by atoms with Crippen LogP contribution >= 0.6 is 0 Å². The highest BCUT2D eigenvalue weighted by molar-refractivity contribution is 4.97. The highest BCUT2D eigenvalue weighted by Gasteiger charge is 2.44. The lowest BCUT2D eigenvalue weighted by atomic mass is 9.79. The van der Waals surface area contributed by atoms with Crippen LogP contribution in [0, 0.1) is 5.92 Å². The van der Waals surface area contributed by atoms with Crippen LogP contribution in [0.5, 0.6) is 0 Å². The van der Waals surface area contributed by atoms with Crippen molar-refractivity contribution in [2.75, 3.05) is 33.4 Å². The van der Waals surface area contributed by atoms with E-state index in [1.165, 1.54) is 13.0 Å². The van der Waals surface area contributed by atoms with Crippen molar-refractivity contribution in [1.29, 1.82) is 0 Å². The van der Waals surface area contributed by atoms with Gasteiger partial charge in [0.15, 0.2) is 0 Å². The highest BCUT2D eigenvalue weighted by atomic mass is 16.5. The van der Waals surface area contributed by atoms with Gasteiger partial charge in [0.25, 0.3) is 0 Å². The maximum absolute atomic E-state index is 10.5. The third-order valence-corrected chi connectivity index (χ3v) is 3.85. The molecule has 0 aromatic heterocycles. The van der Waals surface area contributed by atoms with Gasteiger partial charge in [-0.1, -0.05) is 0 Å².